The predicted molar refractivity (Wildman–Crippen MR) is 73.1 cm³/mol. The molecule has 2 aliphatic rings. The first-order chi connectivity index (χ1) is 8.81. The molecule has 0 aromatic carbocycles. The molecular weight excluding hydrogens is 246 g/mol. The summed E-state index contributed by atoms with van der Waals surface area (Å²) in [6.07, 6.45) is 3.47. The van der Waals surface area contributed by atoms with Crippen LogP contribution < -0.4 is 10.6 Å². The molecule has 1 aliphatic heterocycles. The number of ether oxygens (including phenoxy) is 1. The van der Waals surface area contributed by atoms with Crippen molar-refractivity contribution in [3.05, 3.63) is 10.4 Å². The normalized spacial score (nSPS) is 20.5. The Labute approximate surface area is 111 Å². The maximum Gasteiger partial charge on any atom is 0.130 e. The van der Waals surface area contributed by atoms with Gasteiger partial charge in [-0.25, -0.2) is 0 Å². The highest BCUT2D eigenvalue weighted by Gasteiger charge is 2.33. The van der Waals surface area contributed by atoms with E-state index in [1.165, 1.54) is 23.4 Å². The Balaban J connectivity index is 1.96. The zero-order valence-electron chi connectivity index (χ0n) is 10.3. The Hall–Kier alpha value is -1.25. The number of hydrogen-bond acceptors (Lipinski definition) is 5. The van der Waals surface area contributed by atoms with Crippen LogP contribution in [0.3, 0.4) is 0 Å². The zero-order chi connectivity index (χ0) is 12.5. The van der Waals surface area contributed by atoms with Crippen molar-refractivity contribution in [3.8, 4) is 6.07 Å². The maximum atomic E-state index is 9.15. The molecule has 1 aromatic heterocycles. The predicted octanol–water partition coefficient (Wildman–Crippen LogP) is 2.31. The first-order valence-corrected chi connectivity index (χ1v) is 7.28. The van der Waals surface area contributed by atoms with E-state index in [9.17, 15) is 0 Å². The van der Waals surface area contributed by atoms with Crippen molar-refractivity contribution in [3.63, 3.8) is 0 Å². The summed E-state index contributed by atoms with van der Waals surface area (Å²) in [7, 11) is 0. The van der Waals surface area contributed by atoms with Crippen molar-refractivity contribution in [1.82, 2.24) is 0 Å². The molecule has 96 valence electrons. The van der Waals surface area contributed by atoms with Crippen LogP contribution in [0.4, 0.5) is 10.7 Å². The number of nitriles is 1. The second-order valence-corrected chi connectivity index (χ2v) is 5.90. The van der Waals surface area contributed by atoms with Gasteiger partial charge >= 0.3 is 0 Å². The molecular formula is C13H17N3OS. The van der Waals surface area contributed by atoms with Gasteiger partial charge in [-0.15, -0.1) is 11.3 Å². The fourth-order valence-corrected chi connectivity index (χ4v) is 3.63. The second-order valence-electron chi connectivity index (χ2n) is 4.90. The van der Waals surface area contributed by atoms with Crippen LogP contribution in [0.5, 0.6) is 0 Å². The van der Waals surface area contributed by atoms with E-state index in [1.54, 1.807) is 11.3 Å². The average Bonchev–Trinajstić information content (AvgIpc) is 3.18. The molecule has 2 heterocycles. The van der Waals surface area contributed by atoms with Crippen molar-refractivity contribution in [2.75, 3.05) is 36.9 Å². The van der Waals surface area contributed by atoms with Crippen LogP contribution in [0.25, 0.3) is 0 Å². The molecule has 0 spiro atoms. The fraction of sp³-hybridized carbons (Fsp3) is 0.615. The maximum absolute atomic E-state index is 9.15. The molecule has 0 radical (unpaired) electrons. The lowest BCUT2D eigenvalue weighted by atomic mass is 10.1. The Morgan fingerprint density at radius 3 is 2.89 bits per heavy atom. The number of nitrogens with zero attached hydrogens (tertiary/aromatic N) is 2. The van der Waals surface area contributed by atoms with Crippen LogP contribution in [-0.4, -0.2) is 26.3 Å². The summed E-state index contributed by atoms with van der Waals surface area (Å²) in [5, 5.41) is 10.4. The first kappa shape index (κ1) is 11.8. The van der Waals surface area contributed by atoms with Gasteiger partial charge in [-0.05, 0) is 25.2 Å². The van der Waals surface area contributed by atoms with Crippen molar-refractivity contribution in [2.45, 2.75) is 25.2 Å². The molecule has 5 heteroatoms. The Morgan fingerprint density at radius 1 is 1.33 bits per heavy atom. The molecule has 4 nitrogen and oxygen atoms in total. The van der Waals surface area contributed by atoms with Gasteiger partial charge in [0.05, 0.1) is 17.3 Å². The van der Waals surface area contributed by atoms with Crippen molar-refractivity contribution < 1.29 is 4.74 Å². The number of thiophene rings is 1. The zero-order valence-corrected chi connectivity index (χ0v) is 11.1. The van der Waals surface area contributed by atoms with Crippen LogP contribution >= 0.6 is 11.3 Å². The molecule has 2 fully saturated rings. The third kappa shape index (κ3) is 2.06. The summed E-state index contributed by atoms with van der Waals surface area (Å²) >= 11 is 1.55. The van der Waals surface area contributed by atoms with E-state index in [1.807, 2.05) is 0 Å². The molecule has 1 aromatic rings. The van der Waals surface area contributed by atoms with E-state index < -0.39 is 0 Å². The molecule has 1 saturated carbocycles. The molecule has 18 heavy (non-hydrogen) atoms. The van der Waals surface area contributed by atoms with Gasteiger partial charge in [-0.1, -0.05) is 0 Å². The van der Waals surface area contributed by atoms with Gasteiger partial charge in [0.2, 0.25) is 0 Å². The lowest BCUT2D eigenvalue weighted by Gasteiger charge is -2.21. The summed E-state index contributed by atoms with van der Waals surface area (Å²) in [6, 6.07) is 2.23. The summed E-state index contributed by atoms with van der Waals surface area (Å²) in [4.78, 5) is 3.03. The monoisotopic (exact) mass is 263 g/mol. The lowest BCUT2D eigenvalue weighted by molar-refractivity contribution is 0.152. The first-order valence-electron chi connectivity index (χ1n) is 6.46. The summed E-state index contributed by atoms with van der Waals surface area (Å²) in [5.41, 5.74) is 8.09. The smallest absolute Gasteiger partial charge is 0.130 e. The molecule has 3 rings (SSSR count). The highest BCUT2D eigenvalue weighted by molar-refractivity contribution is 7.17. The minimum atomic E-state index is 0.586. The topological polar surface area (TPSA) is 62.3 Å². The summed E-state index contributed by atoms with van der Waals surface area (Å²) in [6.45, 7) is 3.51. The highest BCUT2D eigenvalue weighted by Crippen LogP contribution is 2.51. The van der Waals surface area contributed by atoms with Gasteiger partial charge in [-0.3, -0.25) is 0 Å². The molecule has 1 aliphatic carbocycles. The van der Waals surface area contributed by atoms with E-state index in [2.05, 4.69) is 11.0 Å². The number of nitrogen functional groups attached to an aromatic ring is 1. The third-order valence-corrected chi connectivity index (χ3v) is 4.75. The molecule has 0 bridgehead atoms. The standard InChI is InChI=1S/C13H17N3OS/c14-8-10-12(15)11(9-2-3-9)13(18-10)16-4-1-6-17-7-5-16/h9H,1-7,15H2. The minimum Gasteiger partial charge on any atom is -0.397 e. The van der Waals surface area contributed by atoms with E-state index in [-0.39, 0.29) is 0 Å². The van der Waals surface area contributed by atoms with Gasteiger partial charge < -0.3 is 15.4 Å². The quantitative estimate of drug-likeness (QED) is 0.889. The van der Waals surface area contributed by atoms with Crippen LogP contribution in [0, 0.1) is 11.3 Å². The van der Waals surface area contributed by atoms with Crippen LogP contribution in [0.1, 0.15) is 35.6 Å². The van der Waals surface area contributed by atoms with E-state index in [4.69, 9.17) is 15.7 Å². The van der Waals surface area contributed by atoms with Gasteiger partial charge in [0.25, 0.3) is 0 Å². The Bertz CT molecular complexity index is 479. The number of anilines is 2. The van der Waals surface area contributed by atoms with Crippen LogP contribution in [-0.2, 0) is 4.74 Å². The van der Waals surface area contributed by atoms with Crippen molar-refractivity contribution in [2.24, 2.45) is 0 Å². The second kappa shape index (κ2) is 4.79. The fourth-order valence-electron chi connectivity index (χ4n) is 2.48. The number of rotatable bonds is 2. The molecule has 0 unspecified atom stereocenters. The van der Waals surface area contributed by atoms with Gasteiger partial charge in [0.1, 0.15) is 10.9 Å². The minimum absolute atomic E-state index is 0.586. The summed E-state index contributed by atoms with van der Waals surface area (Å²) < 4.78 is 5.49. The molecule has 2 N–H and O–H groups in total. The van der Waals surface area contributed by atoms with Gasteiger partial charge in [0.15, 0.2) is 0 Å². The largest absolute Gasteiger partial charge is 0.397 e. The Morgan fingerprint density at radius 2 is 2.17 bits per heavy atom. The highest BCUT2D eigenvalue weighted by atomic mass is 32.1. The van der Waals surface area contributed by atoms with Gasteiger partial charge in [-0.2, -0.15) is 5.26 Å². The van der Waals surface area contributed by atoms with Crippen LogP contribution in [0.2, 0.25) is 0 Å². The average molecular weight is 263 g/mol. The molecule has 1 saturated heterocycles. The SMILES string of the molecule is N#Cc1sc(N2CCCOCC2)c(C2CC2)c1N. The number of nitrogens with two attached hydrogens (primary N) is 1. The van der Waals surface area contributed by atoms with E-state index in [0.29, 0.717) is 10.8 Å². The van der Waals surface area contributed by atoms with Crippen molar-refractivity contribution in [1.29, 1.82) is 5.26 Å². The van der Waals surface area contributed by atoms with E-state index in [0.717, 1.165) is 38.4 Å². The van der Waals surface area contributed by atoms with Gasteiger partial charge in [0, 0.05) is 25.3 Å². The Kier molecular flexibility index (Phi) is 3.14. The lowest BCUT2D eigenvalue weighted by Crippen LogP contribution is -2.25. The van der Waals surface area contributed by atoms with E-state index >= 15 is 0 Å². The summed E-state index contributed by atoms with van der Waals surface area (Å²) in [5.74, 6) is 0.586. The molecule has 0 atom stereocenters. The van der Waals surface area contributed by atoms with Crippen LogP contribution in [0.15, 0.2) is 0 Å². The third-order valence-electron chi connectivity index (χ3n) is 3.56. The number of hydrogen-bond donors (Lipinski definition) is 1. The van der Waals surface area contributed by atoms with Crippen molar-refractivity contribution >= 4 is 22.0 Å². The molecule has 0 amide bonds.